The molecule has 1 aromatic rings. The fourth-order valence-electron chi connectivity index (χ4n) is 2.35. The van der Waals surface area contributed by atoms with E-state index in [0.29, 0.717) is 0 Å². The molecule has 0 N–H and O–H groups in total. The second kappa shape index (κ2) is 4.94. The molecule has 2 heterocycles. The molecule has 0 unspecified atom stereocenters. The smallest absolute Gasteiger partial charge is 0.0441 e. The first kappa shape index (κ1) is 10.2. The highest BCUT2D eigenvalue weighted by Crippen LogP contribution is 2.33. The molecule has 1 nitrogen and oxygen atoms in total. The molecule has 1 aromatic heterocycles. The zero-order valence-electron chi connectivity index (χ0n) is 8.91. The summed E-state index contributed by atoms with van der Waals surface area (Å²) in [5.74, 6) is 0. The molecule has 1 saturated heterocycles. The maximum Gasteiger partial charge on any atom is 0.0441 e. The molecule has 14 heavy (non-hydrogen) atoms. The van der Waals surface area contributed by atoms with Crippen molar-refractivity contribution in [3.8, 4) is 0 Å². The molecule has 0 radical (unpaired) electrons. The molecule has 0 amide bonds. The predicted octanol–water partition coefficient (Wildman–Crippen LogP) is 3.69. The summed E-state index contributed by atoms with van der Waals surface area (Å²) in [6, 6.07) is 5.20. The Balaban J connectivity index is 2.06. The molecule has 2 heteroatoms. The Kier molecular flexibility index (Phi) is 3.60. The predicted molar refractivity (Wildman–Crippen MR) is 62.8 cm³/mol. The lowest BCUT2D eigenvalue weighted by Gasteiger charge is -2.34. The molecule has 1 atom stereocenters. The van der Waals surface area contributed by atoms with Gasteiger partial charge < -0.3 is 0 Å². The topological polar surface area (TPSA) is 3.24 Å². The lowest BCUT2D eigenvalue weighted by Crippen LogP contribution is -2.33. The van der Waals surface area contributed by atoms with Crippen molar-refractivity contribution in [3.05, 3.63) is 22.4 Å². The molecule has 0 aromatic carbocycles. The van der Waals surface area contributed by atoms with Crippen LogP contribution in [0.4, 0.5) is 0 Å². The molecular formula is C12H19NS. The van der Waals surface area contributed by atoms with Crippen molar-refractivity contribution in [1.29, 1.82) is 0 Å². The van der Waals surface area contributed by atoms with Crippen molar-refractivity contribution < 1.29 is 0 Å². The van der Waals surface area contributed by atoms with Gasteiger partial charge in [-0.15, -0.1) is 11.3 Å². The van der Waals surface area contributed by atoms with E-state index in [-0.39, 0.29) is 0 Å². The Labute approximate surface area is 90.7 Å². The number of rotatable bonds is 3. The SMILES string of the molecule is CCCN1CCCC[C@H]1c1cccs1. The van der Waals surface area contributed by atoms with Crippen molar-refractivity contribution >= 4 is 11.3 Å². The van der Waals surface area contributed by atoms with Gasteiger partial charge in [-0.05, 0) is 43.8 Å². The highest BCUT2D eigenvalue weighted by Gasteiger charge is 2.23. The van der Waals surface area contributed by atoms with E-state index in [1.807, 2.05) is 11.3 Å². The fraction of sp³-hybridized carbons (Fsp3) is 0.667. The van der Waals surface area contributed by atoms with E-state index in [0.717, 1.165) is 6.04 Å². The van der Waals surface area contributed by atoms with E-state index in [1.165, 1.54) is 38.8 Å². The van der Waals surface area contributed by atoms with E-state index in [1.54, 1.807) is 4.88 Å². The zero-order valence-corrected chi connectivity index (χ0v) is 9.72. The third kappa shape index (κ3) is 2.18. The minimum Gasteiger partial charge on any atom is -0.296 e. The molecule has 0 bridgehead atoms. The summed E-state index contributed by atoms with van der Waals surface area (Å²) < 4.78 is 0. The average Bonchev–Trinajstić information content (AvgIpc) is 2.72. The zero-order chi connectivity index (χ0) is 9.80. The van der Waals surface area contributed by atoms with Crippen LogP contribution in [0.1, 0.15) is 43.5 Å². The Hall–Kier alpha value is -0.340. The number of hydrogen-bond donors (Lipinski definition) is 0. The largest absolute Gasteiger partial charge is 0.296 e. The van der Waals surface area contributed by atoms with E-state index in [4.69, 9.17) is 0 Å². The Morgan fingerprint density at radius 1 is 1.50 bits per heavy atom. The van der Waals surface area contributed by atoms with Gasteiger partial charge in [0.15, 0.2) is 0 Å². The lowest BCUT2D eigenvalue weighted by molar-refractivity contribution is 0.151. The van der Waals surface area contributed by atoms with Crippen LogP contribution in [0, 0.1) is 0 Å². The molecule has 0 aliphatic carbocycles. The maximum absolute atomic E-state index is 2.66. The third-order valence-electron chi connectivity index (χ3n) is 3.00. The van der Waals surface area contributed by atoms with Gasteiger partial charge in [-0.3, -0.25) is 4.90 Å². The van der Waals surface area contributed by atoms with Crippen LogP contribution in [-0.2, 0) is 0 Å². The first-order valence-electron chi connectivity index (χ1n) is 5.69. The molecule has 0 spiro atoms. The second-order valence-electron chi connectivity index (χ2n) is 4.06. The van der Waals surface area contributed by atoms with Crippen molar-refractivity contribution in [2.75, 3.05) is 13.1 Å². The molecule has 78 valence electrons. The van der Waals surface area contributed by atoms with Crippen LogP contribution in [-0.4, -0.2) is 18.0 Å². The Bertz CT molecular complexity index is 253. The summed E-state index contributed by atoms with van der Waals surface area (Å²) in [5.41, 5.74) is 0. The van der Waals surface area contributed by atoms with Gasteiger partial charge in [-0.1, -0.05) is 19.4 Å². The molecule has 1 aliphatic heterocycles. The van der Waals surface area contributed by atoms with E-state index < -0.39 is 0 Å². The number of hydrogen-bond acceptors (Lipinski definition) is 2. The van der Waals surface area contributed by atoms with Crippen LogP contribution in [0.3, 0.4) is 0 Å². The number of likely N-dealkylation sites (tertiary alicyclic amines) is 1. The summed E-state index contributed by atoms with van der Waals surface area (Å²) in [7, 11) is 0. The highest BCUT2D eigenvalue weighted by molar-refractivity contribution is 7.10. The monoisotopic (exact) mass is 209 g/mol. The average molecular weight is 209 g/mol. The summed E-state index contributed by atoms with van der Waals surface area (Å²) in [6.07, 6.45) is 5.44. The van der Waals surface area contributed by atoms with Gasteiger partial charge in [-0.2, -0.15) is 0 Å². The number of thiophene rings is 1. The first-order valence-corrected chi connectivity index (χ1v) is 6.57. The van der Waals surface area contributed by atoms with E-state index in [2.05, 4.69) is 29.3 Å². The van der Waals surface area contributed by atoms with E-state index in [9.17, 15) is 0 Å². The molecule has 1 fully saturated rings. The summed E-state index contributed by atoms with van der Waals surface area (Å²) >= 11 is 1.92. The van der Waals surface area contributed by atoms with Crippen LogP contribution in [0.5, 0.6) is 0 Å². The second-order valence-corrected chi connectivity index (χ2v) is 5.04. The van der Waals surface area contributed by atoms with Crippen molar-refractivity contribution in [2.45, 2.75) is 38.6 Å². The third-order valence-corrected chi connectivity index (χ3v) is 3.97. The molecular weight excluding hydrogens is 190 g/mol. The minimum atomic E-state index is 0.726. The van der Waals surface area contributed by atoms with Gasteiger partial charge in [0, 0.05) is 10.9 Å². The fourth-order valence-corrected chi connectivity index (χ4v) is 3.24. The van der Waals surface area contributed by atoms with Crippen LogP contribution in [0.2, 0.25) is 0 Å². The van der Waals surface area contributed by atoms with Crippen LogP contribution in [0.25, 0.3) is 0 Å². The van der Waals surface area contributed by atoms with Gasteiger partial charge >= 0.3 is 0 Å². The van der Waals surface area contributed by atoms with Crippen LogP contribution < -0.4 is 0 Å². The normalized spacial score (nSPS) is 23.9. The quantitative estimate of drug-likeness (QED) is 0.734. The van der Waals surface area contributed by atoms with Gasteiger partial charge in [0.05, 0.1) is 0 Å². The van der Waals surface area contributed by atoms with Crippen LogP contribution >= 0.6 is 11.3 Å². The van der Waals surface area contributed by atoms with Gasteiger partial charge in [0.1, 0.15) is 0 Å². The maximum atomic E-state index is 2.66. The number of nitrogens with zero attached hydrogens (tertiary/aromatic N) is 1. The van der Waals surface area contributed by atoms with Gasteiger partial charge in [0.25, 0.3) is 0 Å². The summed E-state index contributed by atoms with van der Waals surface area (Å²) in [5, 5.41) is 2.20. The van der Waals surface area contributed by atoms with Crippen molar-refractivity contribution in [3.63, 3.8) is 0 Å². The van der Waals surface area contributed by atoms with Crippen molar-refractivity contribution in [1.82, 2.24) is 4.90 Å². The molecule has 0 saturated carbocycles. The van der Waals surface area contributed by atoms with Crippen LogP contribution in [0.15, 0.2) is 17.5 Å². The van der Waals surface area contributed by atoms with E-state index >= 15 is 0 Å². The standard InChI is InChI=1S/C12H19NS/c1-2-8-13-9-4-3-6-11(13)12-7-5-10-14-12/h5,7,10-11H,2-4,6,8-9H2,1H3/t11-/m0/s1. The Morgan fingerprint density at radius 3 is 3.14 bits per heavy atom. The molecule has 2 rings (SSSR count). The highest BCUT2D eigenvalue weighted by atomic mass is 32.1. The van der Waals surface area contributed by atoms with Gasteiger partial charge in [-0.25, -0.2) is 0 Å². The lowest BCUT2D eigenvalue weighted by atomic mass is 10.0. The summed E-state index contributed by atoms with van der Waals surface area (Å²) in [4.78, 5) is 4.23. The Morgan fingerprint density at radius 2 is 2.43 bits per heavy atom. The molecule has 1 aliphatic rings. The summed E-state index contributed by atoms with van der Waals surface area (Å²) in [6.45, 7) is 4.85. The van der Waals surface area contributed by atoms with Gasteiger partial charge in [0.2, 0.25) is 0 Å². The van der Waals surface area contributed by atoms with Crippen molar-refractivity contribution in [2.24, 2.45) is 0 Å². The number of piperidine rings is 1. The minimum absolute atomic E-state index is 0.726. The first-order chi connectivity index (χ1) is 6.92.